The molecule has 0 radical (unpaired) electrons. The Hall–Kier alpha value is -0.730. The molecule has 2 rings (SSSR count). The zero-order chi connectivity index (χ0) is 12.5. The summed E-state index contributed by atoms with van der Waals surface area (Å²) >= 11 is 6.20. The number of halogens is 1. The minimum absolute atomic E-state index is 0.202. The molecule has 0 heterocycles. The minimum Gasteiger partial charge on any atom is -0.497 e. The quantitative estimate of drug-likeness (QED) is 0.833. The first-order valence-electron chi connectivity index (χ1n) is 6.04. The van der Waals surface area contributed by atoms with Crippen molar-refractivity contribution in [3.05, 3.63) is 29.8 Å². The molecule has 94 valence electrons. The molecule has 1 N–H and O–H groups in total. The summed E-state index contributed by atoms with van der Waals surface area (Å²) in [6, 6.07) is 8.69. The van der Waals surface area contributed by atoms with Gasteiger partial charge in [0, 0.05) is 18.0 Å². The lowest BCUT2D eigenvalue weighted by molar-refractivity contribution is 0.115. The van der Waals surface area contributed by atoms with Crippen LogP contribution in [0, 0.1) is 5.41 Å². The fourth-order valence-electron chi connectivity index (χ4n) is 2.20. The first kappa shape index (κ1) is 12.7. The number of ether oxygens (including phenoxy) is 1. The number of benzene rings is 1. The van der Waals surface area contributed by atoms with E-state index in [1.807, 2.05) is 12.1 Å². The monoisotopic (exact) mass is 253 g/mol. The molecule has 1 aliphatic rings. The third kappa shape index (κ3) is 2.58. The molecule has 0 aromatic heterocycles. The summed E-state index contributed by atoms with van der Waals surface area (Å²) < 4.78 is 5.14. The topological polar surface area (TPSA) is 21.3 Å². The van der Waals surface area contributed by atoms with Crippen molar-refractivity contribution in [3.8, 4) is 5.75 Å². The molecule has 3 heteroatoms. The van der Waals surface area contributed by atoms with Crippen LogP contribution in [-0.4, -0.2) is 18.5 Å². The lowest BCUT2D eigenvalue weighted by Crippen LogP contribution is -2.57. The van der Waals surface area contributed by atoms with Gasteiger partial charge in [0.1, 0.15) is 5.75 Å². The second-order valence-electron chi connectivity index (χ2n) is 5.31. The number of hydrogen-bond acceptors (Lipinski definition) is 2. The molecule has 2 atom stereocenters. The highest BCUT2D eigenvalue weighted by Gasteiger charge is 2.46. The van der Waals surface area contributed by atoms with Crippen LogP contribution < -0.4 is 10.1 Å². The molecule has 0 spiro atoms. The maximum atomic E-state index is 6.20. The highest BCUT2D eigenvalue weighted by atomic mass is 35.5. The lowest BCUT2D eigenvalue weighted by atomic mass is 9.67. The Kier molecular flexibility index (Phi) is 3.64. The van der Waals surface area contributed by atoms with Crippen LogP contribution in [0.5, 0.6) is 5.75 Å². The molecule has 2 nitrogen and oxygen atoms in total. The van der Waals surface area contributed by atoms with E-state index in [1.165, 1.54) is 5.56 Å². The first-order valence-corrected chi connectivity index (χ1v) is 6.48. The van der Waals surface area contributed by atoms with Crippen LogP contribution in [0.2, 0.25) is 0 Å². The molecule has 1 aliphatic carbocycles. The number of hydrogen-bond donors (Lipinski definition) is 1. The van der Waals surface area contributed by atoms with E-state index in [4.69, 9.17) is 16.3 Å². The van der Waals surface area contributed by atoms with E-state index in [0.29, 0.717) is 11.4 Å². The SMILES string of the molecule is COc1ccc(CNC2CC(Cl)C2(C)C)cc1. The maximum Gasteiger partial charge on any atom is 0.118 e. The largest absolute Gasteiger partial charge is 0.497 e. The molecule has 0 amide bonds. The molecule has 1 saturated carbocycles. The van der Waals surface area contributed by atoms with Crippen molar-refractivity contribution in [1.82, 2.24) is 5.32 Å². The molecule has 0 saturated heterocycles. The predicted octanol–water partition coefficient (Wildman–Crippen LogP) is 3.19. The molecular weight excluding hydrogens is 234 g/mol. The van der Waals surface area contributed by atoms with Gasteiger partial charge in [-0.3, -0.25) is 0 Å². The van der Waals surface area contributed by atoms with Crippen molar-refractivity contribution in [1.29, 1.82) is 0 Å². The van der Waals surface area contributed by atoms with Crippen molar-refractivity contribution in [2.45, 2.75) is 38.2 Å². The van der Waals surface area contributed by atoms with Crippen LogP contribution in [0.4, 0.5) is 0 Å². The smallest absolute Gasteiger partial charge is 0.118 e. The van der Waals surface area contributed by atoms with E-state index in [2.05, 4.69) is 31.3 Å². The molecule has 1 fully saturated rings. The Morgan fingerprint density at radius 3 is 2.47 bits per heavy atom. The van der Waals surface area contributed by atoms with Crippen LogP contribution >= 0.6 is 11.6 Å². The number of alkyl halides is 1. The highest BCUT2D eigenvalue weighted by molar-refractivity contribution is 6.21. The predicted molar refractivity (Wildman–Crippen MR) is 71.7 cm³/mol. The van der Waals surface area contributed by atoms with Crippen molar-refractivity contribution in [3.63, 3.8) is 0 Å². The molecule has 1 aromatic rings. The van der Waals surface area contributed by atoms with E-state index >= 15 is 0 Å². The maximum absolute atomic E-state index is 6.20. The third-order valence-corrected chi connectivity index (χ3v) is 4.60. The van der Waals surface area contributed by atoms with Gasteiger partial charge in [0.05, 0.1) is 7.11 Å². The van der Waals surface area contributed by atoms with E-state index < -0.39 is 0 Å². The Labute approximate surface area is 108 Å². The van der Waals surface area contributed by atoms with Gasteiger partial charge in [0.2, 0.25) is 0 Å². The number of rotatable bonds is 4. The lowest BCUT2D eigenvalue weighted by Gasteiger charge is -2.49. The summed E-state index contributed by atoms with van der Waals surface area (Å²) in [5, 5.41) is 3.87. The van der Waals surface area contributed by atoms with Crippen LogP contribution in [-0.2, 0) is 6.54 Å². The second kappa shape index (κ2) is 4.87. The van der Waals surface area contributed by atoms with Crippen molar-refractivity contribution in [2.24, 2.45) is 5.41 Å². The number of nitrogens with one attached hydrogen (secondary N) is 1. The summed E-state index contributed by atoms with van der Waals surface area (Å²) in [4.78, 5) is 0. The normalized spacial score (nSPS) is 26.4. The zero-order valence-corrected chi connectivity index (χ0v) is 11.4. The summed E-state index contributed by atoms with van der Waals surface area (Å²) in [5.41, 5.74) is 1.48. The Bertz CT molecular complexity index is 374. The van der Waals surface area contributed by atoms with Gasteiger partial charge >= 0.3 is 0 Å². The van der Waals surface area contributed by atoms with Crippen LogP contribution in [0.25, 0.3) is 0 Å². The Balaban J connectivity index is 1.86. The number of methoxy groups -OCH3 is 1. The molecule has 2 unspecified atom stereocenters. The van der Waals surface area contributed by atoms with Crippen molar-refractivity contribution < 1.29 is 4.74 Å². The third-order valence-electron chi connectivity index (χ3n) is 3.86. The first-order chi connectivity index (χ1) is 8.04. The van der Waals surface area contributed by atoms with Gasteiger partial charge in [-0.1, -0.05) is 26.0 Å². The zero-order valence-electron chi connectivity index (χ0n) is 10.7. The van der Waals surface area contributed by atoms with E-state index in [-0.39, 0.29) is 5.41 Å². The van der Waals surface area contributed by atoms with Crippen molar-refractivity contribution >= 4 is 11.6 Å². The summed E-state index contributed by atoms with van der Waals surface area (Å²) in [6.07, 6.45) is 1.06. The van der Waals surface area contributed by atoms with Gasteiger partial charge in [-0.15, -0.1) is 11.6 Å². The van der Waals surface area contributed by atoms with E-state index in [9.17, 15) is 0 Å². The van der Waals surface area contributed by atoms with Crippen molar-refractivity contribution in [2.75, 3.05) is 7.11 Å². The fourth-order valence-corrected chi connectivity index (χ4v) is 2.53. The molecule has 17 heavy (non-hydrogen) atoms. The van der Waals surface area contributed by atoms with Gasteiger partial charge in [0.25, 0.3) is 0 Å². The van der Waals surface area contributed by atoms with Crippen LogP contribution in [0.15, 0.2) is 24.3 Å². The average Bonchev–Trinajstić information content (AvgIpc) is 2.35. The van der Waals surface area contributed by atoms with Gasteiger partial charge in [0.15, 0.2) is 0 Å². The van der Waals surface area contributed by atoms with Gasteiger partial charge in [-0.05, 0) is 29.5 Å². The standard InChI is InChI=1S/C14H20ClNO/c1-14(2)12(15)8-13(14)16-9-10-4-6-11(17-3)7-5-10/h4-7,12-13,16H,8-9H2,1-3H3. The van der Waals surface area contributed by atoms with Gasteiger partial charge in [-0.25, -0.2) is 0 Å². The minimum atomic E-state index is 0.202. The molecule has 0 aliphatic heterocycles. The van der Waals surface area contributed by atoms with E-state index in [1.54, 1.807) is 7.11 Å². The second-order valence-corrected chi connectivity index (χ2v) is 5.83. The van der Waals surface area contributed by atoms with E-state index in [0.717, 1.165) is 18.7 Å². The summed E-state index contributed by atoms with van der Waals surface area (Å²) in [5.74, 6) is 0.901. The Morgan fingerprint density at radius 1 is 1.35 bits per heavy atom. The Morgan fingerprint density at radius 2 is 2.00 bits per heavy atom. The fraction of sp³-hybridized carbons (Fsp3) is 0.571. The highest BCUT2D eigenvalue weighted by Crippen LogP contribution is 2.44. The summed E-state index contributed by atoms with van der Waals surface area (Å²) in [7, 11) is 1.69. The molecule has 1 aromatic carbocycles. The van der Waals surface area contributed by atoms with Gasteiger partial charge < -0.3 is 10.1 Å². The van der Waals surface area contributed by atoms with Gasteiger partial charge in [-0.2, -0.15) is 0 Å². The summed E-state index contributed by atoms with van der Waals surface area (Å²) in [6.45, 7) is 5.33. The molecule has 0 bridgehead atoms. The van der Waals surface area contributed by atoms with Crippen LogP contribution in [0.3, 0.4) is 0 Å². The average molecular weight is 254 g/mol. The van der Waals surface area contributed by atoms with Crippen LogP contribution in [0.1, 0.15) is 25.8 Å². The molecular formula is C14H20ClNO.